The number of hydrogen-bond acceptors (Lipinski definition) is 4. The van der Waals surface area contributed by atoms with E-state index in [0.717, 1.165) is 0 Å². The number of carboxylic acids is 1. The topological polar surface area (TPSA) is 141 Å². The summed E-state index contributed by atoms with van der Waals surface area (Å²) < 4.78 is 0. The summed E-state index contributed by atoms with van der Waals surface area (Å²) in [6, 6.07) is -0.951. The number of carbonyl (C=O) groups excluding carboxylic acids is 1. The Morgan fingerprint density at radius 2 is 2.19 bits per heavy atom. The van der Waals surface area contributed by atoms with Gasteiger partial charge in [-0.1, -0.05) is 5.11 Å². The Morgan fingerprint density at radius 1 is 1.50 bits per heavy atom. The number of nitrogens with two attached hydrogens (primary N) is 1. The summed E-state index contributed by atoms with van der Waals surface area (Å²) in [6.07, 6.45) is 1.64. The van der Waals surface area contributed by atoms with Crippen molar-refractivity contribution in [2.45, 2.75) is 25.3 Å². The van der Waals surface area contributed by atoms with E-state index in [1.165, 1.54) is 0 Å². The van der Waals surface area contributed by atoms with Crippen LogP contribution >= 0.6 is 0 Å². The average Bonchev–Trinajstić information content (AvgIpc) is 2.25. The van der Waals surface area contributed by atoms with Crippen LogP contribution in [-0.4, -0.2) is 36.1 Å². The lowest BCUT2D eigenvalue weighted by molar-refractivity contribution is -0.141. The first-order valence-electron chi connectivity index (χ1n) is 4.85. The Morgan fingerprint density at radius 3 is 2.69 bits per heavy atom. The minimum Gasteiger partial charge on any atom is -0.480 e. The molecule has 0 saturated heterocycles. The van der Waals surface area contributed by atoms with Crippen LogP contribution in [0.5, 0.6) is 0 Å². The van der Waals surface area contributed by atoms with E-state index < -0.39 is 24.5 Å². The van der Waals surface area contributed by atoms with E-state index >= 15 is 0 Å². The highest BCUT2D eigenvalue weighted by molar-refractivity contribution is 5.84. The first-order chi connectivity index (χ1) is 7.61. The molecule has 8 heteroatoms. The van der Waals surface area contributed by atoms with Crippen molar-refractivity contribution in [1.29, 1.82) is 0 Å². The molecule has 0 bridgehead atoms. The van der Waals surface area contributed by atoms with Crippen LogP contribution in [0.4, 0.5) is 0 Å². The number of azide groups is 1. The SMILES string of the molecule is [N-]=[N+]=NCC(=O)N[C@H](CCCCN)C(=O)O. The standard InChI is InChI=1S/C8H15N5O3/c9-4-2-1-3-6(8(15)16)12-7(14)5-11-13-10/h6H,1-5,9H2,(H,12,14)(H,15,16)/t6-/m1/s1. The third-order valence-electron chi connectivity index (χ3n) is 1.86. The van der Waals surface area contributed by atoms with Crippen LogP contribution in [0.3, 0.4) is 0 Å². The van der Waals surface area contributed by atoms with E-state index in [-0.39, 0.29) is 0 Å². The number of nitrogens with zero attached hydrogens (tertiary/aromatic N) is 3. The predicted molar refractivity (Wildman–Crippen MR) is 56.5 cm³/mol. The number of rotatable bonds is 8. The largest absolute Gasteiger partial charge is 0.480 e. The highest BCUT2D eigenvalue weighted by Gasteiger charge is 2.18. The van der Waals surface area contributed by atoms with Gasteiger partial charge in [0.1, 0.15) is 12.6 Å². The zero-order valence-electron chi connectivity index (χ0n) is 8.80. The molecule has 0 spiro atoms. The van der Waals surface area contributed by atoms with Gasteiger partial charge in [-0.15, -0.1) is 0 Å². The summed E-state index contributed by atoms with van der Waals surface area (Å²) in [5, 5.41) is 14.1. The van der Waals surface area contributed by atoms with Gasteiger partial charge in [-0.2, -0.15) is 0 Å². The first kappa shape index (κ1) is 14.2. The summed E-state index contributed by atoms with van der Waals surface area (Å²) in [5.41, 5.74) is 13.2. The van der Waals surface area contributed by atoms with Crippen LogP contribution < -0.4 is 11.1 Å². The number of unbranched alkanes of at least 4 members (excludes halogenated alkanes) is 1. The van der Waals surface area contributed by atoms with Crippen LogP contribution in [0.15, 0.2) is 5.11 Å². The number of amides is 1. The Hall–Kier alpha value is -1.79. The minimum atomic E-state index is -1.11. The molecule has 0 aliphatic carbocycles. The molecule has 0 saturated carbocycles. The zero-order chi connectivity index (χ0) is 12.4. The third-order valence-corrected chi connectivity index (χ3v) is 1.86. The molecule has 0 unspecified atom stereocenters. The number of hydrogen-bond donors (Lipinski definition) is 3. The molecule has 0 aliphatic rings. The maximum Gasteiger partial charge on any atom is 0.326 e. The maximum absolute atomic E-state index is 11.1. The van der Waals surface area contributed by atoms with Gasteiger partial charge >= 0.3 is 5.97 Å². The number of carbonyl (C=O) groups is 2. The molecule has 4 N–H and O–H groups in total. The highest BCUT2D eigenvalue weighted by Crippen LogP contribution is 2.00. The van der Waals surface area contributed by atoms with E-state index in [1.807, 2.05) is 0 Å². The molecular formula is C8H15N5O3. The molecule has 90 valence electrons. The van der Waals surface area contributed by atoms with E-state index in [2.05, 4.69) is 15.3 Å². The molecule has 0 aromatic heterocycles. The second kappa shape index (κ2) is 8.51. The van der Waals surface area contributed by atoms with Gasteiger partial charge in [0.05, 0.1) is 0 Å². The van der Waals surface area contributed by atoms with Crippen LogP contribution in [-0.2, 0) is 9.59 Å². The van der Waals surface area contributed by atoms with Gasteiger partial charge in [0.15, 0.2) is 0 Å². The third kappa shape index (κ3) is 6.63. The molecular weight excluding hydrogens is 214 g/mol. The Balaban J connectivity index is 4.06. The first-order valence-corrected chi connectivity index (χ1v) is 4.85. The summed E-state index contributed by atoms with van der Waals surface area (Å²) in [4.78, 5) is 24.2. The van der Waals surface area contributed by atoms with Crippen LogP contribution in [0.2, 0.25) is 0 Å². The smallest absolute Gasteiger partial charge is 0.326 e. The normalized spacial score (nSPS) is 11.3. The molecule has 16 heavy (non-hydrogen) atoms. The van der Waals surface area contributed by atoms with Crippen molar-refractivity contribution >= 4 is 11.9 Å². The zero-order valence-corrected chi connectivity index (χ0v) is 8.80. The Bertz CT molecular complexity index is 287. The summed E-state index contributed by atoms with van der Waals surface area (Å²) in [5.74, 6) is -1.70. The second-order valence-electron chi connectivity index (χ2n) is 3.13. The van der Waals surface area contributed by atoms with E-state index in [1.54, 1.807) is 0 Å². The lowest BCUT2D eigenvalue weighted by Crippen LogP contribution is -2.41. The Kier molecular flexibility index (Phi) is 7.56. The van der Waals surface area contributed by atoms with Gasteiger partial charge in [-0.05, 0) is 31.3 Å². The van der Waals surface area contributed by atoms with Gasteiger partial charge in [0.2, 0.25) is 5.91 Å². The average molecular weight is 229 g/mol. The quantitative estimate of drug-likeness (QED) is 0.233. The fourth-order valence-corrected chi connectivity index (χ4v) is 1.09. The molecule has 1 atom stereocenters. The van der Waals surface area contributed by atoms with E-state index in [9.17, 15) is 9.59 Å². The van der Waals surface area contributed by atoms with Crippen molar-refractivity contribution in [3.63, 3.8) is 0 Å². The van der Waals surface area contributed by atoms with Crippen molar-refractivity contribution in [2.75, 3.05) is 13.1 Å². The molecule has 0 radical (unpaired) electrons. The monoisotopic (exact) mass is 229 g/mol. The highest BCUT2D eigenvalue weighted by atomic mass is 16.4. The summed E-state index contributed by atoms with van der Waals surface area (Å²) >= 11 is 0. The van der Waals surface area contributed by atoms with Gasteiger partial charge < -0.3 is 16.2 Å². The van der Waals surface area contributed by atoms with Crippen molar-refractivity contribution in [1.82, 2.24) is 5.32 Å². The van der Waals surface area contributed by atoms with Crippen molar-refractivity contribution in [2.24, 2.45) is 10.8 Å². The van der Waals surface area contributed by atoms with Gasteiger partial charge in [0, 0.05) is 4.91 Å². The molecule has 0 heterocycles. The van der Waals surface area contributed by atoms with Gasteiger partial charge in [-0.25, -0.2) is 4.79 Å². The van der Waals surface area contributed by atoms with Gasteiger partial charge in [-0.3, -0.25) is 4.79 Å². The fourth-order valence-electron chi connectivity index (χ4n) is 1.09. The van der Waals surface area contributed by atoms with Crippen LogP contribution in [0.1, 0.15) is 19.3 Å². The second-order valence-corrected chi connectivity index (χ2v) is 3.13. The number of nitrogens with one attached hydrogen (secondary N) is 1. The molecule has 0 aliphatic heterocycles. The number of carboxylic acid groups (broad SMARTS) is 1. The van der Waals surface area contributed by atoms with Crippen molar-refractivity contribution < 1.29 is 14.7 Å². The molecule has 0 aromatic rings. The maximum atomic E-state index is 11.1. The lowest BCUT2D eigenvalue weighted by Gasteiger charge is -2.13. The summed E-state index contributed by atoms with van der Waals surface area (Å²) in [7, 11) is 0. The number of aliphatic carboxylic acids is 1. The van der Waals surface area contributed by atoms with E-state index in [4.69, 9.17) is 16.4 Å². The predicted octanol–water partition coefficient (Wildman–Crippen LogP) is -0.00490. The molecule has 0 aromatic carbocycles. The molecule has 0 rings (SSSR count). The van der Waals surface area contributed by atoms with E-state index in [0.29, 0.717) is 25.8 Å². The molecule has 1 amide bonds. The molecule has 8 nitrogen and oxygen atoms in total. The van der Waals surface area contributed by atoms with Crippen molar-refractivity contribution in [3.05, 3.63) is 10.4 Å². The lowest BCUT2D eigenvalue weighted by atomic mass is 10.1. The molecule has 0 fully saturated rings. The van der Waals surface area contributed by atoms with Crippen LogP contribution in [0, 0.1) is 0 Å². The van der Waals surface area contributed by atoms with Crippen molar-refractivity contribution in [3.8, 4) is 0 Å². The Labute approximate surface area is 92.4 Å². The fraction of sp³-hybridized carbons (Fsp3) is 0.750. The minimum absolute atomic E-state index is 0.314. The van der Waals surface area contributed by atoms with Gasteiger partial charge in [0.25, 0.3) is 0 Å². The van der Waals surface area contributed by atoms with Crippen LogP contribution in [0.25, 0.3) is 10.4 Å². The summed E-state index contributed by atoms with van der Waals surface area (Å²) in [6.45, 7) is 0.0934.